The first-order valence-corrected chi connectivity index (χ1v) is 13.9. The maximum Gasteiger partial charge on any atom is 0.292 e. The number of anilines is 1. The van der Waals surface area contributed by atoms with Crippen molar-refractivity contribution < 1.29 is 22.4 Å². The smallest absolute Gasteiger partial charge is 0.292 e. The summed E-state index contributed by atoms with van der Waals surface area (Å²) in [6, 6.07) is 20.4. The predicted octanol–water partition coefficient (Wildman–Crippen LogP) is 4.89. The van der Waals surface area contributed by atoms with Crippen LogP contribution in [0.2, 0.25) is 0 Å². The van der Waals surface area contributed by atoms with Gasteiger partial charge >= 0.3 is 0 Å². The molecule has 2 aromatic carbocycles. The summed E-state index contributed by atoms with van der Waals surface area (Å²) in [5, 5.41) is 5.89. The van der Waals surface area contributed by atoms with Crippen molar-refractivity contribution >= 4 is 38.0 Å². The molecule has 0 spiro atoms. The molecule has 184 valence electrons. The lowest BCUT2D eigenvalue weighted by Gasteiger charge is -2.09. The summed E-state index contributed by atoms with van der Waals surface area (Å²) in [6.45, 7) is 0.472. The topological polar surface area (TPSA) is 105 Å². The first kappa shape index (κ1) is 24.0. The molecule has 0 fully saturated rings. The zero-order valence-corrected chi connectivity index (χ0v) is 21.0. The quantitative estimate of drug-likeness (QED) is 0.344. The minimum Gasteiger partial charge on any atom is -0.439 e. The summed E-state index contributed by atoms with van der Waals surface area (Å²) < 4.78 is 31.0. The number of furan rings is 1. The standard InChI is InChI=1S/C27H24N2O5S2/c30-25(21-14-15-23(34-21)36(32,33)19-10-5-2-6-11-19)29-27-24(20-12-7-13-22(20)35-27)26(31)28-17-16-18-8-3-1-4-9-18/h1-6,8-11,14-15H,7,12-13,16-17H2,(H,28,31)(H,29,30). The van der Waals surface area contributed by atoms with E-state index in [0.717, 1.165) is 35.3 Å². The van der Waals surface area contributed by atoms with Gasteiger partial charge in [0.05, 0.1) is 10.5 Å². The molecule has 0 bridgehead atoms. The van der Waals surface area contributed by atoms with E-state index in [-0.39, 0.29) is 21.7 Å². The van der Waals surface area contributed by atoms with E-state index in [9.17, 15) is 18.0 Å². The van der Waals surface area contributed by atoms with Gasteiger partial charge < -0.3 is 15.1 Å². The fourth-order valence-corrected chi connectivity index (χ4v) is 6.73. The van der Waals surface area contributed by atoms with Crippen LogP contribution in [0.5, 0.6) is 0 Å². The summed E-state index contributed by atoms with van der Waals surface area (Å²) >= 11 is 1.39. The number of nitrogens with one attached hydrogen (secondary N) is 2. The van der Waals surface area contributed by atoms with Crippen molar-refractivity contribution in [2.45, 2.75) is 35.7 Å². The van der Waals surface area contributed by atoms with Gasteiger partial charge in [-0.15, -0.1) is 11.3 Å². The molecule has 0 atom stereocenters. The van der Waals surface area contributed by atoms with Gasteiger partial charge in [-0.2, -0.15) is 0 Å². The van der Waals surface area contributed by atoms with E-state index in [1.807, 2.05) is 30.3 Å². The van der Waals surface area contributed by atoms with E-state index in [2.05, 4.69) is 10.6 Å². The summed E-state index contributed by atoms with van der Waals surface area (Å²) in [5.74, 6) is -0.983. The van der Waals surface area contributed by atoms with Gasteiger partial charge in [-0.25, -0.2) is 8.42 Å². The first-order chi connectivity index (χ1) is 17.4. The van der Waals surface area contributed by atoms with Crippen molar-refractivity contribution in [2.24, 2.45) is 0 Å². The highest BCUT2D eigenvalue weighted by molar-refractivity contribution is 7.91. The molecule has 5 rings (SSSR count). The van der Waals surface area contributed by atoms with Crippen LogP contribution in [0.15, 0.2) is 87.2 Å². The Hall–Kier alpha value is -3.69. The summed E-state index contributed by atoms with van der Waals surface area (Å²) in [7, 11) is -3.88. The number of carbonyl (C=O) groups excluding carboxylic acids is 2. The number of benzene rings is 2. The van der Waals surface area contributed by atoms with Crippen molar-refractivity contribution in [3.05, 3.63) is 100 Å². The highest BCUT2D eigenvalue weighted by Crippen LogP contribution is 2.39. The molecule has 9 heteroatoms. The van der Waals surface area contributed by atoms with Crippen LogP contribution in [0.1, 0.15) is 43.3 Å². The Bertz CT molecular complexity index is 1510. The van der Waals surface area contributed by atoms with Gasteiger partial charge in [0, 0.05) is 11.4 Å². The zero-order chi connectivity index (χ0) is 25.1. The number of sulfone groups is 1. The number of aryl methyl sites for hydroxylation is 1. The molecule has 36 heavy (non-hydrogen) atoms. The molecular formula is C27H24N2O5S2. The third-order valence-corrected chi connectivity index (χ3v) is 8.89. The lowest BCUT2D eigenvalue weighted by atomic mass is 10.1. The normalized spacial score (nSPS) is 12.8. The Kier molecular flexibility index (Phi) is 6.75. The van der Waals surface area contributed by atoms with Crippen LogP contribution in [0.25, 0.3) is 0 Å². The molecule has 0 saturated heterocycles. The molecule has 0 unspecified atom stereocenters. The lowest BCUT2D eigenvalue weighted by Crippen LogP contribution is -2.27. The third-order valence-electron chi connectivity index (χ3n) is 6.04. The number of fused-ring (bicyclic) bond motifs is 1. The number of hydrogen-bond donors (Lipinski definition) is 2. The molecule has 2 N–H and O–H groups in total. The fraction of sp³-hybridized carbons (Fsp3) is 0.185. The van der Waals surface area contributed by atoms with E-state index >= 15 is 0 Å². The van der Waals surface area contributed by atoms with E-state index < -0.39 is 15.7 Å². The molecule has 4 aromatic rings. The molecule has 0 saturated carbocycles. The minimum atomic E-state index is -3.88. The zero-order valence-electron chi connectivity index (χ0n) is 19.3. The highest BCUT2D eigenvalue weighted by Gasteiger charge is 2.29. The molecule has 2 heterocycles. The number of hydrogen-bond acceptors (Lipinski definition) is 6. The van der Waals surface area contributed by atoms with Gasteiger partial charge in [0.15, 0.2) is 5.76 Å². The maximum absolute atomic E-state index is 13.1. The van der Waals surface area contributed by atoms with Crippen molar-refractivity contribution in [3.8, 4) is 0 Å². The van der Waals surface area contributed by atoms with Crippen LogP contribution >= 0.6 is 11.3 Å². The van der Waals surface area contributed by atoms with Crippen molar-refractivity contribution in [2.75, 3.05) is 11.9 Å². The molecule has 2 aromatic heterocycles. The first-order valence-electron chi connectivity index (χ1n) is 11.6. The van der Waals surface area contributed by atoms with Crippen LogP contribution in [0, 0.1) is 0 Å². The number of thiophene rings is 1. The van der Waals surface area contributed by atoms with Gasteiger partial charge in [-0.3, -0.25) is 9.59 Å². The highest BCUT2D eigenvalue weighted by atomic mass is 32.2. The van der Waals surface area contributed by atoms with Crippen molar-refractivity contribution in [1.29, 1.82) is 0 Å². The molecular weight excluding hydrogens is 496 g/mol. The van der Waals surface area contributed by atoms with Crippen molar-refractivity contribution in [3.63, 3.8) is 0 Å². The molecule has 0 aliphatic heterocycles. The van der Waals surface area contributed by atoms with E-state index in [4.69, 9.17) is 4.42 Å². The van der Waals surface area contributed by atoms with Crippen molar-refractivity contribution in [1.82, 2.24) is 5.32 Å². The Morgan fingerprint density at radius 3 is 2.36 bits per heavy atom. The van der Waals surface area contributed by atoms with E-state index in [1.54, 1.807) is 18.2 Å². The largest absolute Gasteiger partial charge is 0.439 e. The SMILES string of the molecule is O=C(Nc1sc2c(c1C(=O)NCCc1ccccc1)CCC2)c1ccc(S(=O)(=O)c2ccccc2)o1. The number of carbonyl (C=O) groups is 2. The number of amides is 2. The average molecular weight is 521 g/mol. The second-order valence-corrected chi connectivity index (χ2v) is 11.4. The summed E-state index contributed by atoms with van der Waals surface area (Å²) in [5.41, 5.74) is 2.58. The Balaban J connectivity index is 1.32. The van der Waals surface area contributed by atoms with Crippen LogP contribution in [-0.4, -0.2) is 26.8 Å². The molecule has 1 aliphatic carbocycles. The van der Waals surface area contributed by atoms with Gasteiger partial charge in [0.1, 0.15) is 5.00 Å². The maximum atomic E-state index is 13.1. The van der Waals surface area contributed by atoms with E-state index in [0.29, 0.717) is 23.5 Å². The minimum absolute atomic E-state index is 0.0791. The molecule has 2 amide bonds. The summed E-state index contributed by atoms with van der Waals surface area (Å²) in [4.78, 5) is 27.3. The molecule has 1 aliphatic rings. The summed E-state index contributed by atoms with van der Waals surface area (Å²) in [6.07, 6.45) is 3.31. The molecule has 7 nitrogen and oxygen atoms in total. The monoisotopic (exact) mass is 520 g/mol. The second-order valence-electron chi connectivity index (χ2n) is 8.44. The average Bonchev–Trinajstić information content (AvgIpc) is 3.62. The van der Waals surface area contributed by atoms with Crippen LogP contribution in [0.3, 0.4) is 0 Å². The molecule has 0 radical (unpaired) electrons. The van der Waals surface area contributed by atoms with Crippen LogP contribution in [0.4, 0.5) is 5.00 Å². The Labute approximate surface area is 213 Å². The van der Waals surface area contributed by atoms with E-state index in [1.165, 1.54) is 35.6 Å². The van der Waals surface area contributed by atoms with Gasteiger partial charge in [0.2, 0.25) is 14.9 Å². The Morgan fingerprint density at radius 1 is 0.889 bits per heavy atom. The van der Waals surface area contributed by atoms with Gasteiger partial charge in [-0.1, -0.05) is 48.5 Å². The van der Waals surface area contributed by atoms with Gasteiger partial charge in [0.25, 0.3) is 11.8 Å². The van der Waals surface area contributed by atoms with Crippen LogP contribution < -0.4 is 10.6 Å². The van der Waals surface area contributed by atoms with Crippen LogP contribution in [-0.2, 0) is 29.1 Å². The predicted molar refractivity (Wildman–Crippen MR) is 137 cm³/mol. The Morgan fingerprint density at radius 2 is 1.61 bits per heavy atom. The van der Waals surface area contributed by atoms with Gasteiger partial charge in [-0.05, 0) is 61.1 Å². The third kappa shape index (κ3) is 4.84. The lowest BCUT2D eigenvalue weighted by molar-refractivity contribution is 0.0954. The second kappa shape index (κ2) is 10.1. The fourth-order valence-electron chi connectivity index (χ4n) is 4.25. The number of rotatable bonds is 8.